The molecule has 0 bridgehead atoms. The van der Waals surface area contributed by atoms with Gasteiger partial charge in [0, 0.05) is 17.1 Å². The minimum Gasteiger partial charge on any atom is -0.399 e. The van der Waals surface area contributed by atoms with Gasteiger partial charge in [0.2, 0.25) is 0 Å². The van der Waals surface area contributed by atoms with Crippen LogP contribution in [0, 0.1) is 0 Å². The number of para-hydroxylation sites is 2. The van der Waals surface area contributed by atoms with Gasteiger partial charge >= 0.3 is 7.12 Å². The van der Waals surface area contributed by atoms with E-state index in [1.165, 1.54) is 0 Å². The summed E-state index contributed by atoms with van der Waals surface area (Å²) in [5, 5.41) is 0. The summed E-state index contributed by atoms with van der Waals surface area (Å²) in [7, 11) is -0.519. The molecular formula is C24H26BNO2. The maximum atomic E-state index is 8.48. The molecule has 1 heterocycles. The van der Waals surface area contributed by atoms with Crippen LogP contribution in [0.3, 0.4) is 0 Å². The molecular weight excluding hydrogens is 345 g/mol. The van der Waals surface area contributed by atoms with Crippen molar-refractivity contribution in [3.63, 3.8) is 0 Å². The molecule has 3 nitrogen and oxygen atoms in total. The first-order valence-electron chi connectivity index (χ1n) is 11.8. The third kappa shape index (κ3) is 3.46. The van der Waals surface area contributed by atoms with Crippen LogP contribution in [0.2, 0.25) is 0 Å². The van der Waals surface area contributed by atoms with Crippen LogP contribution in [-0.4, -0.2) is 18.3 Å². The molecule has 0 aromatic heterocycles. The van der Waals surface area contributed by atoms with E-state index in [0.717, 1.165) is 5.46 Å². The van der Waals surface area contributed by atoms with Crippen LogP contribution in [0.1, 0.15) is 34.5 Å². The fraction of sp³-hybridized carbons (Fsp3) is 0.250. The zero-order valence-electron chi connectivity index (χ0n) is 21.5. The third-order valence-corrected chi connectivity index (χ3v) is 5.40. The van der Waals surface area contributed by atoms with Gasteiger partial charge in [0.15, 0.2) is 0 Å². The van der Waals surface area contributed by atoms with Gasteiger partial charge in [0.05, 0.1) is 18.1 Å². The van der Waals surface area contributed by atoms with Crippen molar-refractivity contribution in [3.8, 4) is 0 Å². The number of nitrogens with zero attached hydrogens (tertiary/aromatic N) is 1. The lowest BCUT2D eigenvalue weighted by Crippen LogP contribution is -2.41. The molecule has 0 spiro atoms. The molecule has 0 saturated carbocycles. The van der Waals surface area contributed by atoms with E-state index in [0.29, 0.717) is 11.4 Å². The maximum absolute atomic E-state index is 8.48. The van der Waals surface area contributed by atoms with Crippen LogP contribution >= 0.6 is 0 Å². The summed E-state index contributed by atoms with van der Waals surface area (Å²) in [5.74, 6) is 0. The topological polar surface area (TPSA) is 21.7 Å². The average molecular weight is 376 g/mol. The Hall–Kier alpha value is -2.56. The second-order valence-electron chi connectivity index (χ2n) is 7.82. The number of benzene rings is 3. The van der Waals surface area contributed by atoms with Gasteiger partial charge in [-0.25, -0.2) is 0 Å². The third-order valence-electron chi connectivity index (χ3n) is 5.40. The molecule has 1 aliphatic rings. The summed E-state index contributed by atoms with van der Waals surface area (Å²) < 4.78 is 53.4. The Morgan fingerprint density at radius 2 is 1.25 bits per heavy atom. The lowest BCUT2D eigenvalue weighted by Gasteiger charge is -2.32. The Morgan fingerprint density at radius 3 is 1.82 bits per heavy atom. The SMILES string of the molecule is [2H]c1c([2H])c([2H])c(N(c2ccccc2)c2ccc(B3OC(C)(C)C(C)(C)O3)cc2)c([2H])c1[2H]. The van der Waals surface area contributed by atoms with Gasteiger partial charge < -0.3 is 14.2 Å². The zero-order chi connectivity index (χ0) is 24.1. The normalized spacial score (nSPS) is 20.0. The van der Waals surface area contributed by atoms with Crippen LogP contribution in [0.5, 0.6) is 0 Å². The second-order valence-corrected chi connectivity index (χ2v) is 7.82. The summed E-state index contributed by atoms with van der Waals surface area (Å²) in [6.07, 6.45) is 0. The van der Waals surface area contributed by atoms with Crippen LogP contribution in [0.4, 0.5) is 17.1 Å². The predicted octanol–water partition coefficient (Wildman–Crippen LogP) is 5.46. The van der Waals surface area contributed by atoms with E-state index in [1.807, 2.05) is 82.3 Å². The highest BCUT2D eigenvalue weighted by molar-refractivity contribution is 6.62. The maximum Gasteiger partial charge on any atom is 0.494 e. The Bertz CT molecular complexity index is 1140. The van der Waals surface area contributed by atoms with Gasteiger partial charge in [-0.2, -0.15) is 0 Å². The zero-order valence-corrected chi connectivity index (χ0v) is 16.5. The molecule has 3 aromatic carbocycles. The molecule has 4 rings (SSSR count). The van der Waals surface area contributed by atoms with E-state index < -0.39 is 24.4 Å². The van der Waals surface area contributed by atoms with E-state index in [4.69, 9.17) is 16.2 Å². The second kappa shape index (κ2) is 7.12. The van der Waals surface area contributed by atoms with E-state index in [2.05, 4.69) is 0 Å². The van der Waals surface area contributed by atoms with Crippen molar-refractivity contribution in [2.45, 2.75) is 38.9 Å². The Morgan fingerprint density at radius 1 is 0.714 bits per heavy atom. The van der Waals surface area contributed by atoms with E-state index in [-0.39, 0.29) is 29.9 Å². The highest BCUT2D eigenvalue weighted by Crippen LogP contribution is 2.37. The number of hydrogen-bond acceptors (Lipinski definition) is 3. The molecule has 0 N–H and O–H groups in total. The minimum atomic E-state index is -0.519. The molecule has 142 valence electrons. The molecule has 3 aromatic rings. The summed E-state index contributed by atoms with van der Waals surface area (Å²) in [6.45, 7) is 7.99. The molecule has 1 fully saturated rings. The molecule has 1 saturated heterocycles. The van der Waals surface area contributed by atoms with Crippen LogP contribution in [0.15, 0.2) is 84.8 Å². The lowest BCUT2D eigenvalue weighted by atomic mass is 9.79. The molecule has 0 amide bonds. The summed E-state index contributed by atoms with van der Waals surface area (Å²) in [4.78, 5) is 1.67. The molecule has 0 atom stereocenters. The van der Waals surface area contributed by atoms with Crippen molar-refractivity contribution in [3.05, 3.63) is 84.8 Å². The van der Waals surface area contributed by atoms with E-state index in [1.54, 1.807) is 4.90 Å². The Balaban J connectivity index is 1.81. The molecule has 0 unspecified atom stereocenters. The van der Waals surface area contributed by atoms with Gasteiger partial charge in [-0.1, -0.05) is 48.5 Å². The van der Waals surface area contributed by atoms with Gasteiger partial charge in [0.25, 0.3) is 0 Å². The van der Waals surface area contributed by atoms with Crippen molar-refractivity contribution in [1.82, 2.24) is 0 Å². The monoisotopic (exact) mass is 376 g/mol. The number of rotatable bonds is 4. The Kier molecular flexibility index (Phi) is 3.46. The first-order valence-corrected chi connectivity index (χ1v) is 9.32. The fourth-order valence-electron chi connectivity index (χ4n) is 3.10. The largest absolute Gasteiger partial charge is 0.494 e. The highest BCUT2D eigenvalue weighted by Gasteiger charge is 2.51. The summed E-state index contributed by atoms with van der Waals surface area (Å²) in [5.41, 5.74) is 1.35. The van der Waals surface area contributed by atoms with Crippen molar-refractivity contribution < 1.29 is 16.2 Å². The fourth-order valence-corrected chi connectivity index (χ4v) is 3.10. The average Bonchev–Trinajstić information content (AvgIpc) is 3.01. The molecule has 28 heavy (non-hydrogen) atoms. The van der Waals surface area contributed by atoms with E-state index in [9.17, 15) is 0 Å². The van der Waals surface area contributed by atoms with Crippen LogP contribution < -0.4 is 10.4 Å². The quantitative estimate of drug-likeness (QED) is 0.565. The minimum absolute atomic E-state index is 0.0931. The van der Waals surface area contributed by atoms with Gasteiger partial charge in [-0.15, -0.1) is 0 Å². The van der Waals surface area contributed by atoms with Gasteiger partial charge in [-0.05, 0) is 69.5 Å². The molecule has 0 radical (unpaired) electrons. The van der Waals surface area contributed by atoms with Gasteiger partial charge in [-0.3, -0.25) is 0 Å². The summed E-state index contributed by atoms with van der Waals surface area (Å²) in [6, 6.07) is 15.0. The first-order chi connectivity index (χ1) is 15.4. The first kappa shape index (κ1) is 13.6. The molecule has 4 heteroatoms. The predicted molar refractivity (Wildman–Crippen MR) is 117 cm³/mol. The molecule has 1 aliphatic heterocycles. The summed E-state index contributed by atoms with van der Waals surface area (Å²) >= 11 is 0. The molecule has 0 aliphatic carbocycles. The Labute approximate surface area is 175 Å². The number of anilines is 3. The van der Waals surface area contributed by atoms with Gasteiger partial charge in [0.1, 0.15) is 0 Å². The van der Waals surface area contributed by atoms with Crippen molar-refractivity contribution in [2.24, 2.45) is 0 Å². The standard InChI is InChI=1S/C24H26BNO2/c1-23(2)24(3,4)28-25(27-23)19-15-17-22(18-16-19)26(20-11-7-5-8-12-20)21-13-9-6-10-14-21/h5-18H,1-4H3/i5D,7D,8D,11D,12D. The smallest absolute Gasteiger partial charge is 0.399 e. The number of hydrogen-bond donors (Lipinski definition) is 0. The van der Waals surface area contributed by atoms with Crippen LogP contribution in [0.25, 0.3) is 0 Å². The highest BCUT2D eigenvalue weighted by atomic mass is 16.7. The lowest BCUT2D eigenvalue weighted by molar-refractivity contribution is 0.00578. The van der Waals surface area contributed by atoms with E-state index >= 15 is 0 Å². The van der Waals surface area contributed by atoms with Crippen LogP contribution in [-0.2, 0) is 9.31 Å². The van der Waals surface area contributed by atoms with Crippen molar-refractivity contribution >= 4 is 29.6 Å². The van der Waals surface area contributed by atoms with Crippen molar-refractivity contribution in [1.29, 1.82) is 0 Å². The van der Waals surface area contributed by atoms with Crippen molar-refractivity contribution in [2.75, 3.05) is 4.90 Å².